The number of rotatable bonds is 5. The molecular weight excluding hydrogens is 178 g/mol. The van der Waals surface area contributed by atoms with Crippen LogP contribution in [-0.4, -0.2) is 12.6 Å². The van der Waals surface area contributed by atoms with Crippen LogP contribution >= 0.6 is 0 Å². The van der Waals surface area contributed by atoms with Crippen molar-refractivity contribution < 1.29 is 9.53 Å². The van der Waals surface area contributed by atoms with Crippen LogP contribution in [0.4, 0.5) is 0 Å². The average molecular weight is 191 g/mol. The molecule has 3 nitrogen and oxygen atoms in total. The number of ether oxygens (including phenoxy) is 1. The lowest BCUT2D eigenvalue weighted by Gasteiger charge is -1.96. The first-order chi connectivity index (χ1) is 6.70. The number of esters is 1. The lowest BCUT2D eigenvalue weighted by molar-refractivity contribution is -0.140. The number of nitrogens with zero attached hydrogens (tertiary/aromatic N) is 1. The molecule has 74 valence electrons. The molecule has 0 aromatic heterocycles. The molecule has 0 rings (SSSR count). The van der Waals surface area contributed by atoms with E-state index in [1.54, 1.807) is 24.3 Å². The molecule has 0 heterocycles. The summed E-state index contributed by atoms with van der Waals surface area (Å²) in [6, 6.07) is 2.00. The van der Waals surface area contributed by atoms with Crippen molar-refractivity contribution in [2.45, 2.75) is 13.3 Å². The van der Waals surface area contributed by atoms with Crippen LogP contribution < -0.4 is 0 Å². The average Bonchev–Trinajstić information content (AvgIpc) is 2.15. The highest BCUT2D eigenvalue weighted by Gasteiger charge is 1.89. The summed E-state index contributed by atoms with van der Waals surface area (Å²) >= 11 is 0. The van der Waals surface area contributed by atoms with Gasteiger partial charge in [-0.3, -0.25) is 4.79 Å². The Morgan fingerprint density at radius 3 is 2.86 bits per heavy atom. The summed E-state index contributed by atoms with van der Waals surface area (Å²) in [5, 5.41) is 8.60. The second kappa shape index (κ2) is 7.81. The van der Waals surface area contributed by atoms with Gasteiger partial charge in [-0.1, -0.05) is 18.7 Å². The van der Waals surface area contributed by atoms with Gasteiger partial charge in [0.25, 0.3) is 0 Å². The van der Waals surface area contributed by atoms with Crippen LogP contribution in [0.3, 0.4) is 0 Å². The molecule has 0 saturated heterocycles. The monoisotopic (exact) mass is 191 g/mol. The highest BCUT2D eigenvalue weighted by Crippen LogP contribution is 1.96. The second-order valence-corrected chi connectivity index (χ2v) is 2.50. The zero-order valence-corrected chi connectivity index (χ0v) is 8.19. The van der Waals surface area contributed by atoms with Gasteiger partial charge in [0.05, 0.1) is 18.2 Å². The molecule has 0 atom stereocenters. The molecule has 0 aliphatic heterocycles. The van der Waals surface area contributed by atoms with Gasteiger partial charge in [0.2, 0.25) is 0 Å². The highest BCUT2D eigenvalue weighted by atomic mass is 16.5. The molecule has 0 aromatic carbocycles. The summed E-state index contributed by atoms with van der Waals surface area (Å²) in [6.45, 7) is 5.19. The Morgan fingerprint density at radius 2 is 2.36 bits per heavy atom. The van der Waals surface area contributed by atoms with E-state index in [-0.39, 0.29) is 5.97 Å². The molecule has 0 bridgehead atoms. The van der Waals surface area contributed by atoms with E-state index in [0.29, 0.717) is 18.6 Å². The van der Waals surface area contributed by atoms with E-state index in [2.05, 4.69) is 6.58 Å². The maximum absolute atomic E-state index is 10.4. The van der Waals surface area contributed by atoms with Gasteiger partial charge in [-0.2, -0.15) is 5.26 Å². The van der Waals surface area contributed by atoms with Crippen molar-refractivity contribution in [1.29, 1.82) is 5.26 Å². The third-order valence-electron chi connectivity index (χ3n) is 1.31. The van der Waals surface area contributed by atoms with Gasteiger partial charge in [0, 0.05) is 6.92 Å². The maximum Gasteiger partial charge on any atom is 0.302 e. The van der Waals surface area contributed by atoms with Crippen LogP contribution in [0.5, 0.6) is 0 Å². The van der Waals surface area contributed by atoms with Gasteiger partial charge in [-0.15, -0.1) is 0 Å². The Labute approximate surface area is 84.0 Å². The van der Waals surface area contributed by atoms with Crippen LogP contribution in [0, 0.1) is 11.3 Å². The number of nitriles is 1. The fourth-order valence-electron chi connectivity index (χ4n) is 0.738. The number of carbonyl (C=O) groups is 1. The Balaban J connectivity index is 3.82. The van der Waals surface area contributed by atoms with Gasteiger partial charge >= 0.3 is 5.97 Å². The SMILES string of the molecule is C=C/C=C(C#N)\C=C/CCOC(C)=O. The number of carbonyl (C=O) groups excluding carboxylic acids is 1. The lowest BCUT2D eigenvalue weighted by Crippen LogP contribution is -1.98. The van der Waals surface area contributed by atoms with Crippen molar-refractivity contribution in [2.24, 2.45) is 0 Å². The molecule has 0 N–H and O–H groups in total. The zero-order chi connectivity index (χ0) is 10.8. The molecule has 0 aliphatic rings. The molecule has 0 amide bonds. The minimum Gasteiger partial charge on any atom is -0.466 e. The van der Waals surface area contributed by atoms with Crippen molar-refractivity contribution in [3.63, 3.8) is 0 Å². The second-order valence-electron chi connectivity index (χ2n) is 2.50. The van der Waals surface area contributed by atoms with Crippen molar-refractivity contribution in [3.05, 3.63) is 36.5 Å². The lowest BCUT2D eigenvalue weighted by atomic mass is 10.2. The minimum absolute atomic E-state index is 0.291. The fourth-order valence-corrected chi connectivity index (χ4v) is 0.738. The molecule has 0 fully saturated rings. The standard InChI is InChI=1S/C11H13NO2/c1-3-6-11(9-12)7-4-5-8-14-10(2)13/h3-4,6-7H,1,5,8H2,2H3/b7-4-,11-6+. The molecule has 0 spiro atoms. The first-order valence-corrected chi connectivity index (χ1v) is 4.23. The molecule has 0 radical (unpaired) electrons. The van der Waals surface area contributed by atoms with Gasteiger partial charge in [0.15, 0.2) is 0 Å². The van der Waals surface area contributed by atoms with E-state index >= 15 is 0 Å². The third-order valence-corrected chi connectivity index (χ3v) is 1.31. The van der Waals surface area contributed by atoms with Gasteiger partial charge in [-0.25, -0.2) is 0 Å². The van der Waals surface area contributed by atoms with Crippen LogP contribution in [-0.2, 0) is 9.53 Å². The maximum atomic E-state index is 10.4. The third kappa shape index (κ3) is 6.86. The van der Waals surface area contributed by atoms with Gasteiger partial charge in [0.1, 0.15) is 0 Å². The number of hydrogen-bond acceptors (Lipinski definition) is 3. The van der Waals surface area contributed by atoms with Crippen molar-refractivity contribution in [2.75, 3.05) is 6.61 Å². The van der Waals surface area contributed by atoms with Crippen molar-refractivity contribution in [1.82, 2.24) is 0 Å². The molecule has 14 heavy (non-hydrogen) atoms. The Kier molecular flexibility index (Phi) is 6.79. The van der Waals surface area contributed by atoms with Crippen LogP contribution in [0.2, 0.25) is 0 Å². The van der Waals surface area contributed by atoms with E-state index in [1.807, 2.05) is 6.07 Å². The van der Waals surface area contributed by atoms with Gasteiger partial charge < -0.3 is 4.74 Å². The van der Waals surface area contributed by atoms with Crippen LogP contribution in [0.15, 0.2) is 36.5 Å². The van der Waals surface area contributed by atoms with Crippen LogP contribution in [0.1, 0.15) is 13.3 Å². The zero-order valence-electron chi connectivity index (χ0n) is 8.19. The Bertz CT molecular complexity index is 295. The minimum atomic E-state index is -0.291. The first-order valence-electron chi connectivity index (χ1n) is 4.23. The molecule has 0 aliphatic carbocycles. The van der Waals surface area contributed by atoms with E-state index in [4.69, 9.17) is 10.00 Å². The smallest absolute Gasteiger partial charge is 0.302 e. The summed E-state index contributed by atoms with van der Waals surface area (Å²) in [6.07, 6.45) is 7.22. The summed E-state index contributed by atoms with van der Waals surface area (Å²) in [5.41, 5.74) is 0.530. The van der Waals surface area contributed by atoms with E-state index in [9.17, 15) is 4.79 Å². The van der Waals surface area contributed by atoms with E-state index in [1.165, 1.54) is 6.92 Å². The summed E-state index contributed by atoms with van der Waals surface area (Å²) in [5.74, 6) is -0.291. The molecule has 0 unspecified atom stereocenters. The summed E-state index contributed by atoms with van der Waals surface area (Å²) in [7, 11) is 0. The highest BCUT2D eigenvalue weighted by molar-refractivity contribution is 5.65. The predicted octanol–water partition coefficient (Wildman–Crippen LogP) is 2.13. The van der Waals surface area contributed by atoms with Crippen LogP contribution in [0.25, 0.3) is 0 Å². The Hall–Kier alpha value is -1.82. The fraction of sp³-hybridized carbons (Fsp3) is 0.273. The van der Waals surface area contributed by atoms with E-state index < -0.39 is 0 Å². The normalized spacial score (nSPS) is 11.0. The molecule has 3 heteroatoms. The summed E-state index contributed by atoms with van der Waals surface area (Å²) < 4.78 is 4.70. The first kappa shape index (κ1) is 12.2. The van der Waals surface area contributed by atoms with E-state index in [0.717, 1.165) is 0 Å². The van der Waals surface area contributed by atoms with Crippen molar-refractivity contribution in [3.8, 4) is 6.07 Å². The topological polar surface area (TPSA) is 50.1 Å². The predicted molar refractivity (Wildman–Crippen MR) is 54.3 cm³/mol. The Morgan fingerprint density at radius 1 is 1.64 bits per heavy atom. The molecule has 0 saturated carbocycles. The quantitative estimate of drug-likeness (QED) is 0.289. The van der Waals surface area contributed by atoms with Crippen molar-refractivity contribution >= 4 is 5.97 Å². The number of allylic oxidation sites excluding steroid dienone is 4. The molecular formula is C11H13NO2. The van der Waals surface area contributed by atoms with Gasteiger partial charge in [-0.05, 0) is 18.6 Å². The summed E-state index contributed by atoms with van der Waals surface area (Å²) in [4.78, 5) is 10.4. The number of hydrogen-bond donors (Lipinski definition) is 0. The molecule has 0 aromatic rings. The largest absolute Gasteiger partial charge is 0.466 e.